The van der Waals surface area contributed by atoms with Crippen LogP contribution in [0.5, 0.6) is 0 Å². The first-order valence-corrected chi connectivity index (χ1v) is 15.6. The largest absolute Gasteiger partial charge is 0.480 e. The van der Waals surface area contributed by atoms with Gasteiger partial charge in [0.2, 0.25) is 5.91 Å². The highest BCUT2D eigenvalue weighted by atomic mass is 16.6. The third kappa shape index (κ3) is 5.71. The summed E-state index contributed by atoms with van der Waals surface area (Å²) in [6, 6.07) is -1.93. The molecule has 0 radical (unpaired) electrons. The first-order valence-electron chi connectivity index (χ1n) is 15.6. The summed E-state index contributed by atoms with van der Waals surface area (Å²) in [5.74, 6) is 1.62. The number of nitrogens with zero attached hydrogens (tertiary/aromatic N) is 1. The molecule has 0 bridgehead atoms. The number of carbonyl (C=O) groups excluding carboxylic acids is 2. The molecule has 0 heterocycles. The standard InChI is InChI=1S/C33H49N3O6/c1-8-33(41)16-13-25-23-10-9-21-17-22(11-14-31(21,6)24(23)12-15-32(25,33)7)36-42-18-26(37)34-27(19(2)3)29(38)35-28(20(4)5)30(39)40/h1,17,19-20,23-25,27-28,41H,9-16,18H2,2-7H3,(H,34,37)(H,35,38)(H,39,40)/b36-22+/t23-,24+,25+,27-,28-,31+,32+,33-/m1/s1. The SMILES string of the molecule is C#C[C@@]1(O)CC[C@H]2[C@@H]3CCC4=C/C(=N/OCC(=O)N[C@@H](C(=O)N[C@@H](C(=O)O)C(C)C)C(C)C)CC[C@]4(C)[C@H]3CC[C@@]21C. The quantitative estimate of drug-likeness (QED) is 0.239. The summed E-state index contributed by atoms with van der Waals surface area (Å²) in [7, 11) is 0. The number of carbonyl (C=O) groups is 3. The molecule has 42 heavy (non-hydrogen) atoms. The number of rotatable bonds is 9. The zero-order valence-electron chi connectivity index (χ0n) is 26.0. The second kappa shape index (κ2) is 12.0. The van der Waals surface area contributed by atoms with Crippen molar-refractivity contribution in [1.29, 1.82) is 0 Å². The highest BCUT2D eigenvalue weighted by molar-refractivity contribution is 5.96. The van der Waals surface area contributed by atoms with Crippen molar-refractivity contribution in [3.63, 3.8) is 0 Å². The molecule has 0 aromatic carbocycles. The van der Waals surface area contributed by atoms with Gasteiger partial charge in [-0.05, 0) is 92.4 Å². The predicted molar refractivity (Wildman–Crippen MR) is 160 cm³/mol. The number of oxime groups is 1. The molecular formula is C33H49N3O6. The van der Waals surface area contributed by atoms with Gasteiger partial charge < -0.3 is 25.7 Å². The van der Waals surface area contributed by atoms with Crippen molar-refractivity contribution in [2.45, 2.75) is 111 Å². The molecule has 4 N–H and O–H groups in total. The third-order valence-corrected chi connectivity index (χ3v) is 11.2. The van der Waals surface area contributed by atoms with E-state index in [4.69, 9.17) is 11.3 Å². The molecule has 4 rings (SSSR count). The first-order chi connectivity index (χ1) is 19.7. The van der Waals surface area contributed by atoms with Gasteiger partial charge in [-0.3, -0.25) is 9.59 Å². The fourth-order valence-corrected chi connectivity index (χ4v) is 8.58. The van der Waals surface area contributed by atoms with E-state index in [2.05, 4.69) is 41.6 Å². The summed E-state index contributed by atoms with van der Waals surface area (Å²) < 4.78 is 0. The van der Waals surface area contributed by atoms with Crippen LogP contribution in [0.1, 0.15) is 92.9 Å². The Balaban J connectivity index is 1.36. The van der Waals surface area contributed by atoms with E-state index in [1.165, 1.54) is 5.57 Å². The summed E-state index contributed by atoms with van der Waals surface area (Å²) in [6.45, 7) is 11.3. The molecular weight excluding hydrogens is 534 g/mol. The van der Waals surface area contributed by atoms with Crippen molar-refractivity contribution in [2.75, 3.05) is 6.61 Å². The van der Waals surface area contributed by atoms with Crippen LogP contribution in [-0.2, 0) is 19.2 Å². The van der Waals surface area contributed by atoms with E-state index in [1.807, 2.05) is 0 Å². The molecule has 2 amide bonds. The second-order valence-corrected chi connectivity index (χ2v) is 14.2. The average molecular weight is 584 g/mol. The highest BCUT2D eigenvalue weighted by Crippen LogP contribution is 2.67. The van der Waals surface area contributed by atoms with Crippen molar-refractivity contribution < 1.29 is 29.4 Å². The monoisotopic (exact) mass is 583 g/mol. The minimum atomic E-state index is -1.12. The number of allylic oxidation sites excluding steroid dienone is 2. The molecule has 0 unspecified atom stereocenters. The van der Waals surface area contributed by atoms with Crippen LogP contribution in [-0.4, -0.2) is 58.0 Å². The molecule has 9 heteroatoms. The molecule has 9 nitrogen and oxygen atoms in total. The van der Waals surface area contributed by atoms with E-state index in [-0.39, 0.29) is 29.3 Å². The fourth-order valence-electron chi connectivity index (χ4n) is 8.58. The maximum atomic E-state index is 12.8. The van der Waals surface area contributed by atoms with Crippen LogP contribution in [0.2, 0.25) is 0 Å². The zero-order valence-corrected chi connectivity index (χ0v) is 26.0. The Labute approximate surface area is 250 Å². The Kier molecular flexibility index (Phi) is 9.18. The first kappa shape index (κ1) is 32.1. The number of hydrogen-bond acceptors (Lipinski definition) is 6. The van der Waals surface area contributed by atoms with Gasteiger partial charge in [0.05, 0.1) is 5.71 Å². The number of aliphatic carboxylic acids is 1. The minimum Gasteiger partial charge on any atom is -0.480 e. The van der Waals surface area contributed by atoms with Gasteiger partial charge in [0.15, 0.2) is 6.61 Å². The lowest BCUT2D eigenvalue weighted by Crippen LogP contribution is -2.55. The fraction of sp³-hybridized carbons (Fsp3) is 0.758. The molecule has 0 saturated heterocycles. The zero-order chi connectivity index (χ0) is 31.0. The topological polar surface area (TPSA) is 137 Å². The summed E-state index contributed by atoms with van der Waals surface area (Å²) in [5.41, 5.74) is 1.09. The lowest BCUT2D eigenvalue weighted by molar-refractivity contribution is -0.143. The number of carboxylic acid groups (broad SMARTS) is 1. The highest BCUT2D eigenvalue weighted by Gasteiger charge is 2.63. The smallest absolute Gasteiger partial charge is 0.326 e. The van der Waals surface area contributed by atoms with Gasteiger partial charge in [-0.2, -0.15) is 0 Å². The van der Waals surface area contributed by atoms with E-state index in [0.717, 1.165) is 50.7 Å². The van der Waals surface area contributed by atoms with Crippen LogP contribution in [0.15, 0.2) is 16.8 Å². The average Bonchev–Trinajstić information content (AvgIpc) is 3.20. The van der Waals surface area contributed by atoms with Gasteiger partial charge in [-0.1, -0.05) is 58.2 Å². The van der Waals surface area contributed by atoms with Crippen LogP contribution in [0, 0.1) is 52.8 Å². The summed E-state index contributed by atoms with van der Waals surface area (Å²) in [4.78, 5) is 42.3. The number of carboxylic acids is 1. The van der Waals surface area contributed by atoms with Gasteiger partial charge in [0.1, 0.15) is 17.7 Å². The Morgan fingerprint density at radius 3 is 2.31 bits per heavy atom. The molecule has 4 aliphatic carbocycles. The normalized spacial score (nSPS) is 36.1. The van der Waals surface area contributed by atoms with Gasteiger partial charge in [0.25, 0.3) is 5.91 Å². The molecule has 3 fully saturated rings. The predicted octanol–water partition coefficient (Wildman–Crippen LogP) is 4.05. The molecule has 3 saturated carbocycles. The molecule has 4 aliphatic rings. The minimum absolute atomic E-state index is 0.0825. The molecule has 0 aromatic rings. The van der Waals surface area contributed by atoms with E-state index in [1.54, 1.807) is 27.7 Å². The van der Waals surface area contributed by atoms with Crippen LogP contribution in [0.25, 0.3) is 0 Å². The van der Waals surface area contributed by atoms with E-state index < -0.39 is 35.5 Å². The Morgan fingerprint density at radius 2 is 1.69 bits per heavy atom. The number of nitrogens with one attached hydrogen (secondary N) is 2. The lowest BCUT2D eigenvalue weighted by Gasteiger charge is -2.58. The van der Waals surface area contributed by atoms with Gasteiger partial charge in [0, 0.05) is 5.41 Å². The number of terminal acetylenes is 1. The number of aliphatic hydroxyl groups is 1. The van der Waals surface area contributed by atoms with Gasteiger partial charge >= 0.3 is 5.97 Å². The Bertz CT molecular complexity index is 1190. The molecule has 0 aliphatic heterocycles. The molecule has 0 aromatic heterocycles. The summed E-state index contributed by atoms with van der Waals surface area (Å²) in [6.07, 6.45) is 15.5. The van der Waals surface area contributed by atoms with Gasteiger partial charge in [-0.15, -0.1) is 6.42 Å². The molecule has 0 spiro atoms. The van der Waals surface area contributed by atoms with E-state index in [9.17, 15) is 24.6 Å². The van der Waals surface area contributed by atoms with Crippen molar-refractivity contribution in [3.8, 4) is 12.3 Å². The van der Waals surface area contributed by atoms with Crippen LogP contribution >= 0.6 is 0 Å². The molecule has 8 atom stereocenters. The Hall–Kier alpha value is -2.86. The van der Waals surface area contributed by atoms with E-state index >= 15 is 0 Å². The maximum Gasteiger partial charge on any atom is 0.326 e. The van der Waals surface area contributed by atoms with Crippen LogP contribution in [0.3, 0.4) is 0 Å². The maximum absolute atomic E-state index is 12.8. The summed E-state index contributed by atoms with van der Waals surface area (Å²) in [5, 5.41) is 30.1. The van der Waals surface area contributed by atoms with E-state index in [0.29, 0.717) is 24.2 Å². The van der Waals surface area contributed by atoms with Crippen molar-refractivity contribution in [2.24, 2.45) is 45.6 Å². The van der Waals surface area contributed by atoms with Crippen molar-refractivity contribution in [1.82, 2.24) is 10.6 Å². The third-order valence-electron chi connectivity index (χ3n) is 11.2. The Morgan fingerprint density at radius 1 is 1.02 bits per heavy atom. The van der Waals surface area contributed by atoms with Crippen LogP contribution < -0.4 is 10.6 Å². The second-order valence-electron chi connectivity index (χ2n) is 14.2. The van der Waals surface area contributed by atoms with Gasteiger partial charge in [-0.25, -0.2) is 4.79 Å². The lowest BCUT2D eigenvalue weighted by atomic mass is 9.46. The van der Waals surface area contributed by atoms with Crippen LogP contribution in [0.4, 0.5) is 0 Å². The molecule has 232 valence electrons. The summed E-state index contributed by atoms with van der Waals surface area (Å²) >= 11 is 0. The number of amides is 2. The van der Waals surface area contributed by atoms with Crippen molar-refractivity contribution >= 4 is 23.5 Å². The number of hydrogen-bond donors (Lipinski definition) is 4. The van der Waals surface area contributed by atoms with Crippen molar-refractivity contribution in [3.05, 3.63) is 11.6 Å². The number of fused-ring (bicyclic) bond motifs is 5.